The number of aromatic nitrogens is 3. The normalized spacial score (nSPS) is 15.0. The van der Waals surface area contributed by atoms with Gasteiger partial charge in [0, 0.05) is 36.6 Å². The maximum atomic E-state index is 13.5. The Bertz CT molecular complexity index is 1090. The molecule has 0 bridgehead atoms. The summed E-state index contributed by atoms with van der Waals surface area (Å²) in [6.45, 7) is 7.20. The summed E-state index contributed by atoms with van der Waals surface area (Å²) in [5, 5.41) is 7.47. The number of anilines is 1. The van der Waals surface area contributed by atoms with Crippen LogP contribution in [0.15, 0.2) is 30.3 Å². The van der Waals surface area contributed by atoms with Gasteiger partial charge in [0.25, 0.3) is 6.43 Å². The lowest BCUT2D eigenvalue weighted by molar-refractivity contribution is -0.116. The van der Waals surface area contributed by atoms with Crippen molar-refractivity contribution in [1.82, 2.24) is 19.7 Å². The Hall–Kier alpha value is -2.91. The molecule has 1 N–H and O–H groups in total. The number of carbonyl (C=O) groups is 1. The molecule has 4 rings (SSSR count). The third-order valence-electron chi connectivity index (χ3n) is 5.29. The zero-order chi connectivity index (χ0) is 22.0. The molecule has 0 aliphatic carbocycles. The molecule has 1 saturated heterocycles. The minimum atomic E-state index is -2.64. The highest BCUT2D eigenvalue weighted by atomic mass is 19.3. The van der Waals surface area contributed by atoms with Crippen molar-refractivity contribution in [2.45, 2.75) is 33.4 Å². The van der Waals surface area contributed by atoms with Crippen LogP contribution in [0.2, 0.25) is 0 Å². The first kappa shape index (κ1) is 21.3. The summed E-state index contributed by atoms with van der Waals surface area (Å²) < 4.78 is 33.7. The van der Waals surface area contributed by atoms with E-state index in [9.17, 15) is 13.6 Å². The second-order valence-electron chi connectivity index (χ2n) is 7.73. The van der Waals surface area contributed by atoms with Crippen LogP contribution in [0.4, 0.5) is 14.5 Å². The van der Waals surface area contributed by atoms with E-state index in [-0.39, 0.29) is 18.0 Å². The van der Waals surface area contributed by atoms with Gasteiger partial charge in [-0.15, -0.1) is 0 Å². The summed E-state index contributed by atoms with van der Waals surface area (Å²) >= 11 is 0. The van der Waals surface area contributed by atoms with E-state index in [1.807, 2.05) is 24.3 Å². The molecule has 7 nitrogen and oxygen atoms in total. The summed E-state index contributed by atoms with van der Waals surface area (Å²) in [6.07, 6.45) is -2.64. The SMILES string of the molecule is Cc1cc(C(F)F)c2c(C)nn(CC(=O)Nc3cccc(CN4CCOCC4)c3)c2n1. The average Bonchev–Trinajstić information content (AvgIpc) is 3.03. The molecule has 9 heteroatoms. The van der Waals surface area contributed by atoms with Crippen molar-refractivity contribution < 1.29 is 18.3 Å². The fraction of sp³-hybridized carbons (Fsp3) is 0.409. The van der Waals surface area contributed by atoms with Crippen LogP contribution >= 0.6 is 0 Å². The minimum absolute atomic E-state index is 0.109. The molecule has 0 radical (unpaired) electrons. The van der Waals surface area contributed by atoms with Gasteiger partial charge in [0.15, 0.2) is 5.65 Å². The van der Waals surface area contributed by atoms with Gasteiger partial charge in [-0.1, -0.05) is 12.1 Å². The zero-order valence-electron chi connectivity index (χ0n) is 17.6. The summed E-state index contributed by atoms with van der Waals surface area (Å²) in [5.41, 5.74) is 2.85. The van der Waals surface area contributed by atoms with Crippen LogP contribution in [0.5, 0.6) is 0 Å². The topological polar surface area (TPSA) is 72.3 Å². The maximum absolute atomic E-state index is 13.5. The van der Waals surface area contributed by atoms with Crippen LogP contribution in [0.1, 0.15) is 28.9 Å². The van der Waals surface area contributed by atoms with Crippen LogP contribution in [0.25, 0.3) is 11.0 Å². The number of carbonyl (C=O) groups excluding carboxylic acids is 1. The van der Waals surface area contributed by atoms with Crippen molar-refractivity contribution in [2.75, 3.05) is 31.6 Å². The molecule has 1 fully saturated rings. The lowest BCUT2D eigenvalue weighted by atomic mass is 10.1. The number of alkyl halides is 2. The summed E-state index contributed by atoms with van der Waals surface area (Å²) in [5.74, 6) is -0.296. The molecule has 31 heavy (non-hydrogen) atoms. The smallest absolute Gasteiger partial charge is 0.264 e. The maximum Gasteiger partial charge on any atom is 0.264 e. The Labute approximate surface area is 179 Å². The number of halogens is 2. The van der Waals surface area contributed by atoms with Gasteiger partial charge in [0.2, 0.25) is 5.91 Å². The Kier molecular flexibility index (Phi) is 6.24. The van der Waals surface area contributed by atoms with E-state index < -0.39 is 6.43 Å². The molecular weight excluding hydrogens is 404 g/mol. The van der Waals surface area contributed by atoms with Crippen molar-refractivity contribution in [3.63, 3.8) is 0 Å². The number of hydrogen-bond acceptors (Lipinski definition) is 5. The van der Waals surface area contributed by atoms with Crippen LogP contribution in [0.3, 0.4) is 0 Å². The van der Waals surface area contributed by atoms with Crippen molar-refractivity contribution >= 4 is 22.6 Å². The highest BCUT2D eigenvalue weighted by molar-refractivity contribution is 5.92. The van der Waals surface area contributed by atoms with Crippen LogP contribution < -0.4 is 5.32 Å². The number of aryl methyl sites for hydroxylation is 2. The van der Waals surface area contributed by atoms with E-state index >= 15 is 0 Å². The van der Waals surface area contributed by atoms with Gasteiger partial charge in [-0.3, -0.25) is 9.69 Å². The molecule has 1 aliphatic heterocycles. The molecule has 3 aromatic rings. The molecule has 1 aliphatic rings. The number of pyridine rings is 1. The van der Waals surface area contributed by atoms with Gasteiger partial charge in [-0.25, -0.2) is 18.4 Å². The predicted octanol–water partition coefficient (Wildman–Crippen LogP) is 3.46. The molecule has 0 unspecified atom stereocenters. The second kappa shape index (κ2) is 9.07. The minimum Gasteiger partial charge on any atom is -0.379 e. The number of amides is 1. The Morgan fingerprint density at radius 1 is 1.23 bits per heavy atom. The van der Waals surface area contributed by atoms with Crippen LogP contribution in [0, 0.1) is 13.8 Å². The molecule has 3 heterocycles. The monoisotopic (exact) mass is 429 g/mol. The predicted molar refractivity (Wildman–Crippen MR) is 113 cm³/mol. The first-order valence-corrected chi connectivity index (χ1v) is 10.2. The third kappa shape index (κ3) is 4.88. The highest BCUT2D eigenvalue weighted by Gasteiger charge is 2.20. The number of nitrogens with one attached hydrogen (secondary N) is 1. The number of nitrogens with zero attached hydrogens (tertiary/aromatic N) is 4. The van der Waals surface area contributed by atoms with E-state index in [4.69, 9.17) is 4.74 Å². The summed E-state index contributed by atoms with van der Waals surface area (Å²) in [7, 11) is 0. The molecule has 1 aromatic carbocycles. The Morgan fingerprint density at radius 3 is 2.74 bits per heavy atom. The fourth-order valence-corrected chi connectivity index (χ4v) is 3.90. The summed E-state index contributed by atoms with van der Waals surface area (Å²) in [4.78, 5) is 19.3. The first-order chi connectivity index (χ1) is 14.9. The third-order valence-corrected chi connectivity index (χ3v) is 5.29. The molecular formula is C22H25F2N5O2. The fourth-order valence-electron chi connectivity index (χ4n) is 3.90. The second-order valence-corrected chi connectivity index (χ2v) is 7.73. The van der Waals surface area contributed by atoms with E-state index in [1.54, 1.807) is 13.8 Å². The van der Waals surface area contributed by atoms with Gasteiger partial charge in [-0.2, -0.15) is 5.10 Å². The van der Waals surface area contributed by atoms with E-state index in [0.717, 1.165) is 38.4 Å². The number of fused-ring (bicyclic) bond motifs is 1. The number of morpholine rings is 1. The van der Waals surface area contributed by atoms with Crippen molar-refractivity contribution in [2.24, 2.45) is 0 Å². The van der Waals surface area contributed by atoms with Crippen molar-refractivity contribution in [3.8, 4) is 0 Å². The lowest BCUT2D eigenvalue weighted by Crippen LogP contribution is -2.35. The Balaban J connectivity index is 1.49. The van der Waals surface area contributed by atoms with Crippen LogP contribution in [-0.2, 0) is 22.6 Å². The van der Waals surface area contributed by atoms with Gasteiger partial charge in [0.05, 0.1) is 24.3 Å². The molecule has 0 spiro atoms. The lowest BCUT2D eigenvalue weighted by Gasteiger charge is -2.26. The molecule has 2 aromatic heterocycles. The van der Waals surface area contributed by atoms with Crippen molar-refractivity contribution in [1.29, 1.82) is 0 Å². The number of hydrogen-bond donors (Lipinski definition) is 1. The highest BCUT2D eigenvalue weighted by Crippen LogP contribution is 2.30. The van der Waals surface area contributed by atoms with Gasteiger partial charge < -0.3 is 10.1 Å². The summed E-state index contributed by atoms with van der Waals surface area (Å²) in [6, 6.07) is 9.06. The van der Waals surface area contributed by atoms with Crippen LogP contribution in [-0.4, -0.2) is 51.9 Å². The zero-order valence-corrected chi connectivity index (χ0v) is 17.6. The molecule has 164 valence electrons. The van der Waals surface area contributed by atoms with Gasteiger partial charge in [0.1, 0.15) is 6.54 Å². The quantitative estimate of drug-likeness (QED) is 0.650. The van der Waals surface area contributed by atoms with Gasteiger partial charge >= 0.3 is 0 Å². The Morgan fingerprint density at radius 2 is 2.00 bits per heavy atom. The van der Waals surface area contributed by atoms with Crippen molar-refractivity contribution in [3.05, 3.63) is 52.8 Å². The van der Waals surface area contributed by atoms with E-state index in [0.29, 0.717) is 28.1 Å². The largest absolute Gasteiger partial charge is 0.379 e. The standard InChI is InChI=1S/C22H25F2N5O2/c1-14-10-18(21(23)24)20-15(2)27-29(22(20)25-14)13-19(30)26-17-5-3-4-16(11-17)12-28-6-8-31-9-7-28/h3-5,10-11,21H,6-9,12-13H2,1-2H3,(H,26,30). The van der Waals surface area contributed by atoms with E-state index in [1.165, 1.54) is 10.7 Å². The van der Waals surface area contributed by atoms with E-state index in [2.05, 4.69) is 20.3 Å². The average molecular weight is 429 g/mol. The number of benzene rings is 1. The number of ether oxygens (including phenoxy) is 1. The first-order valence-electron chi connectivity index (χ1n) is 10.2. The molecule has 0 saturated carbocycles. The molecule has 1 amide bonds. The molecule has 0 atom stereocenters. The van der Waals surface area contributed by atoms with Gasteiger partial charge in [-0.05, 0) is 37.6 Å². The number of rotatable bonds is 6.